The molecule has 0 aromatic heterocycles. The Bertz CT molecular complexity index is 845. The van der Waals surface area contributed by atoms with Gasteiger partial charge in [-0.3, -0.25) is 4.79 Å². The van der Waals surface area contributed by atoms with E-state index < -0.39 is 5.97 Å². The molecule has 28 heavy (non-hydrogen) atoms. The molecule has 2 aromatic carbocycles. The summed E-state index contributed by atoms with van der Waals surface area (Å²) in [6.45, 7) is 1.34. The molecule has 2 aromatic rings. The van der Waals surface area contributed by atoms with Crippen molar-refractivity contribution in [3.8, 4) is 11.5 Å². The molecule has 2 N–H and O–H groups in total. The van der Waals surface area contributed by atoms with Crippen molar-refractivity contribution in [2.45, 2.75) is 25.5 Å². The number of rotatable bonds is 8. The Labute approximate surface area is 163 Å². The SMILES string of the molecule is COc1ccc(CNC(=O)c2ccccc2OCC2CCCO2)cc1C(=O)O. The molecule has 7 heteroatoms. The molecule has 0 aliphatic carbocycles. The third kappa shape index (κ3) is 4.80. The summed E-state index contributed by atoms with van der Waals surface area (Å²) < 4.78 is 16.4. The summed E-state index contributed by atoms with van der Waals surface area (Å²) in [5.74, 6) is -0.611. The van der Waals surface area contributed by atoms with E-state index in [1.807, 2.05) is 6.07 Å². The van der Waals surface area contributed by atoms with Gasteiger partial charge in [0.25, 0.3) is 5.91 Å². The summed E-state index contributed by atoms with van der Waals surface area (Å²) in [5.41, 5.74) is 1.13. The lowest BCUT2D eigenvalue weighted by Crippen LogP contribution is -2.24. The van der Waals surface area contributed by atoms with E-state index in [4.69, 9.17) is 14.2 Å². The Kier molecular flexibility index (Phi) is 6.49. The summed E-state index contributed by atoms with van der Waals surface area (Å²) in [6.07, 6.45) is 2.04. The highest BCUT2D eigenvalue weighted by Gasteiger charge is 2.18. The average Bonchev–Trinajstić information content (AvgIpc) is 3.24. The van der Waals surface area contributed by atoms with Crippen LogP contribution >= 0.6 is 0 Å². The Balaban J connectivity index is 1.65. The van der Waals surface area contributed by atoms with Crippen LogP contribution in [0.5, 0.6) is 11.5 Å². The van der Waals surface area contributed by atoms with Gasteiger partial charge in [-0.15, -0.1) is 0 Å². The molecule has 1 amide bonds. The van der Waals surface area contributed by atoms with Gasteiger partial charge in [0.1, 0.15) is 23.7 Å². The number of para-hydroxylation sites is 1. The van der Waals surface area contributed by atoms with Gasteiger partial charge < -0.3 is 24.6 Å². The highest BCUT2D eigenvalue weighted by atomic mass is 16.5. The zero-order valence-electron chi connectivity index (χ0n) is 15.6. The van der Waals surface area contributed by atoms with Crippen LogP contribution in [0.1, 0.15) is 39.1 Å². The molecule has 1 aliphatic rings. The van der Waals surface area contributed by atoms with Crippen molar-refractivity contribution in [3.63, 3.8) is 0 Å². The number of hydrogen-bond acceptors (Lipinski definition) is 5. The molecule has 1 atom stereocenters. The fourth-order valence-electron chi connectivity index (χ4n) is 3.05. The third-order valence-electron chi connectivity index (χ3n) is 4.53. The number of ether oxygens (including phenoxy) is 3. The molecule has 1 unspecified atom stereocenters. The molecule has 0 spiro atoms. The average molecular weight is 385 g/mol. The quantitative estimate of drug-likeness (QED) is 0.726. The van der Waals surface area contributed by atoms with E-state index in [1.165, 1.54) is 13.2 Å². The van der Waals surface area contributed by atoms with Crippen LogP contribution < -0.4 is 14.8 Å². The molecular weight excluding hydrogens is 362 g/mol. The second kappa shape index (κ2) is 9.23. The first kappa shape index (κ1) is 19.7. The maximum Gasteiger partial charge on any atom is 0.339 e. The zero-order chi connectivity index (χ0) is 19.9. The van der Waals surface area contributed by atoms with Crippen molar-refractivity contribution in [3.05, 3.63) is 59.2 Å². The summed E-state index contributed by atoms with van der Waals surface area (Å²) in [7, 11) is 1.41. The smallest absolute Gasteiger partial charge is 0.339 e. The van der Waals surface area contributed by atoms with Crippen molar-refractivity contribution in [1.82, 2.24) is 5.32 Å². The van der Waals surface area contributed by atoms with Crippen LogP contribution in [0.2, 0.25) is 0 Å². The number of carbonyl (C=O) groups excluding carboxylic acids is 1. The molecule has 1 saturated heterocycles. The Morgan fingerprint density at radius 2 is 2.00 bits per heavy atom. The number of aromatic carboxylic acids is 1. The summed E-state index contributed by atoms with van der Waals surface area (Å²) >= 11 is 0. The van der Waals surface area contributed by atoms with E-state index >= 15 is 0 Å². The first-order valence-electron chi connectivity index (χ1n) is 9.10. The maximum atomic E-state index is 12.6. The number of benzene rings is 2. The van der Waals surface area contributed by atoms with Crippen molar-refractivity contribution in [1.29, 1.82) is 0 Å². The van der Waals surface area contributed by atoms with Gasteiger partial charge in [0.05, 0.1) is 18.8 Å². The summed E-state index contributed by atoms with van der Waals surface area (Å²) in [6, 6.07) is 11.8. The lowest BCUT2D eigenvalue weighted by atomic mass is 10.1. The zero-order valence-corrected chi connectivity index (χ0v) is 15.6. The van der Waals surface area contributed by atoms with Crippen molar-refractivity contribution >= 4 is 11.9 Å². The van der Waals surface area contributed by atoms with E-state index in [0.29, 0.717) is 23.5 Å². The molecule has 148 valence electrons. The molecule has 0 radical (unpaired) electrons. The molecule has 0 saturated carbocycles. The Morgan fingerprint density at radius 3 is 2.71 bits per heavy atom. The van der Waals surface area contributed by atoms with Crippen LogP contribution in [-0.2, 0) is 11.3 Å². The van der Waals surface area contributed by atoms with Gasteiger partial charge >= 0.3 is 5.97 Å². The lowest BCUT2D eigenvalue weighted by molar-refractivity contribution is 0.0670. The van der Waals surface area contributed by atoms with Gasteiger partial charge in [-0.05, 0) is 42.7 Å². The van der Waals surface area contributed by atoms with Crippen molar-refractivity contribution in [2.75, 3.05) is 20.3 Å². The van der Waals surface area contributed by atoms with Crippen LogP contribution in [0.3, 0.4) is 0 Å². The minimum absolute atomic E-state index is 0.0505. The molecule has 1 heterocycles. The Morgan fingerprint density at radius 1 is 1.18 bits per heavy atom. The number of carbonyl (C=O) groups is 2. The highest BCUT2D eigenvalue weighted by Crippen LogP contribution is 2.22. The monoisotopic (exact) mass is 385 g/mol. The van der Waals surface area contributed by atoms with Crippen LogP contribution in [0.4, 0.5) is 0 Å². The van der Waals surface area contributed by atoms with E-state index in [1.54, 1.807) is 30.3 Å². The first-order chi connectivity index (χ1) is 13.6. The van der Waals surface area contributed by atoms with E-state index in [-0.39, 0.29) is 29.9 Å². The molecule has 1 aliphatic heterocycles. The largest absolute Gasteiger partial charge is 0.496 e. The van der Waals surface area contributed by atoms with Crippen LogP contribution in [-0.4, -0.2) is 43.4 Å². The molecule has 7 nitrogen and oxygen atoms in total. The van der Waals surface area contributed by atoms with Gasteiger partial charge in [0.15, 0.2) is 0 Å². The van der Waals surface area contributed by atoms with Crippen LogP contribution in [0, 0.1) is 0 Å². The fourth-order valence-corrected chi connectivity index (χ4v) is 3.05. The van der Waals surface area contributed by atoms with Gasteiger partial charge in [-0.2, -0.15) is 0 Å². The van der Waals surface area contributed by atoms with Gasteiger partial charge in [-0.25, -0.2) is 4.79 Å². The predicted molar refractivity (Wildman–Crippen MR) is 102 cm³/mol. The minimum Gasteiger partial charge on any atom is -0.496 e. The first-order valence-corrected chi connectivity index (χ1v) is 9.10. The number of carboxylic acids is 1. The number of hydrogen-bond donors (Lipinski definition) is 2. The van der Waals surface area contributed by atoms with Gasteiger partial charge in [-0.1, -0.05) is 18.2 Å². The third-order valence-corrected chi connectivity index (χ3v) is 4.53. The second-order valence-corrected chi connectivity index (χ2v) is 6.46. The van der Waals surface area contributed by atoms with Crippen LogP contribution in [0.15, 0.2) is 42.5 Å². The maximum absolute atomic E-state index is 12.6. The van der Waals surface area contributed by atoms with Crippen molar-refractivity contribution in [2.24, 2.45) is 0 Å². The van der Waals surface area contributed by atoms with Gasteiger partial charge in [0, 0.05) is 13.2 Å². The summed E-state index contributed by atoms with van der Waals surface area (Å²) in [4.78, 5) is 23.9. The topological polar surface area (TPSA) is 94.1 Å². The molecule has 3 rings (SSSR count). The highest BCUT2D eigenvalue weighted by molar-refractivity contribution is 5.97. The fraction of sp³-hybridized carbons (Fsp3) is 0.333. The number of nitrogens with one attached hydrogen (secondary N) is 1. The number of carboxylic acid groups (broad SMARTS) is 1. The standard InChI is InChI=1S/C21H23NO6/c1-26-18-9-8-14(11-17(18)21(24)25)12-22-20(23)16-6-2-3-7-19(16)28-13-15-5-4-10-27-15/h2-3,6-9,11,15H,4-5,10,12-13H2,1H3,(H,22,23)(H,24,25). The normalized spacial score (nSPS) is 15.8. The summed E-state index contributed by atoms with van der Waals surface area (Å²) in [5, 5.41) is 12.1. The van der Waals surface area contributed by atoms with E-state index in [2.05, 4.69) is 5.32 Å². The predicted octanol–water partition coefficient (Wildman–Crippen LogP) is 2.88. The van der Waals surface area contributed by atoms with Crippen LogP contribution in [0.25, 0.3) is 0 Å². The van der Waals surface area contributed by atoms with Crippen molar-refractivity contribution < 1.29 is 28.9 Å². The molecule has 1 fully saturated rings. The second-order valence-electron chi connectivity index (χ2n) is 6.46. The van der Waals surface area contributed by atoms with Gasteiger partial charge in [0.2, 0.25) is 0 Å². The minimum atomic E-state index is -1.09. The Hall–Kier alpha value is -3.06. The molecular formula is C21H23NO6. The van der Waals surface area contributed by atoms with E-state index in [9.17, 15) is 14.7 Å². The lowest BCUT2D eigenvalue weighted by Gasteiger charge is -2.15. The van der Waals surface area contributed by atoms with E-state index in [0.717, 1.165) is 19.4 Å². The number of amides is 1. The number of methoxy groups -OCH3 is 1. The molecule has 0 bridgehead atoms.